The van der Waals surface area contributed by atoms with Gasteiger partial charge >= 0.3 is 0 Å². The van der Waals surface area contributed by atoms with E-state index >= 15 is 0 Å². The van der Waals surface area contributed by atoms with Crippen molar-refractivity contribution >= 4 is 0 Å². The molecule has 1 heteroatoms. The highest BCUT2D eigenvalue weighted by atomic mass is 16.5. The first-order chi connectivity index (χ1) is 5.91. The van der Waals surface area contributed by atoms with Gasteiger partial charge in [0.15, 0.2) is 0 Å². The topological polar surface area (TPSA) is 9.23 Å². The van der Waals surface area contributed by atoms with Crippen molar-refractivity contribution in [3.8, 4) is 0 Å². The minimum absolute atomic E-state index is 0.900. The maximum Gasteiger partial charge on any atom is 0.0466 e. The van der Waals surface area contributed by atoms with Crippen LogP contribution in [-0.2, 0) is 4.74 Å². The van der Waals surface area contributed by atoms with Gasteiger partial charge in [-0.2, -0.15) is 0 Å². The summed E-state index contributed by atoms with van der Waals surface area (Å²) in [4.78, 5) is 0. The molecule has 0 unspecified atom stereocenters. The fourth-order valence-electron chi connectivity index (χ4n) is 1.11. The van der Waals surface area contributed by atoms with E-state index in [1.165, 1.54) is 32.1 Å². The van der Waals surface area contributed by atoms with Crippen LogP contribution in [-0.4, -0.2) is 13.2 Å². The maximum absolute atomic E-state index is 5.41. The Kier molecular flexibility index (Phi) is 10.9. The molecule has 0 spiro atoms. The van der Waals surface area contributed by atoms with Gasteiger partial charge in [-0.25, -0.2) is 0 Å². The van der Waals surface area contributed by atoms with E-state index in [9.17, 15) is 0 Å². The normalized spacial score (nSPS) is 10.5. The molecular formula is C11H23O. The molecular weight excluding hydrogens is 148 g/mol. The molecule has 0 aromatic rings. The molecule has 0 rings (SSSR count). The van der Waals surface area contributed by atoms with Crippen LogP contribution in [0.1, 0.15) is 51.9 Å². The predicted octanol–water partition coefficient (Wildman–Crippen LogP) is 3.59. The molecule has 0 amide bonds. The number of unbranched alkanes of at least 4 members (excludes halogenated alkanes) is 5. The zero-order valence-electron chi connectivity index (χ0n) is 8.48. The Morgan fingerprint density at radius 3 is 2.25 bits per heavy atom. The summed E-state index contributed by atoms with van der Waals surface area (Å²) in [6, 6.07) is 0. The molecule has 0 heterocycles. The van der Waals surface area contributed by atoms with Gasteiger partial charge in [0.2, 0.25) is 0 Å². The van der Waals surface area contributed by atoms with Crippen LogP contribution in [0.5, 0.6) is 0 Å². The summed E-state index contributed by atoms with van der Waals surface area (Å²) in [5, 5.41) is 0. The molecule has 0 bridgehead atoms. The van der Waals surface area contributed by atoms with Crippen molar-refractivity contribution in [3.63, 3.8) is 0 Å². The SMILES string of the molecule is [CH2]CCCOCCCCCCC. The molecule has 12 heavy (non-hydrogen) atoms. The number of hydrogen-bond acceptors (Lipinski definition) is 1. The summed E-state index contributed by atoms with van der Waals surface area (Å²) in [5.74, 6) is 0. The molecule has 1 radical (unpaired) electrons. The Hall–Kier alpha value is -0.0400. The summed E-state index contributed by atoms with van der Waals surface area (Å²) in [6.45, 7) is 7.85. The second-order valence-electron chi connectivity index (χ2n) is 3.23. The van der Waals surface area contributed by atoms with Gasteiger partial charge in [0.1, 0.15) is 0 Å². The third-order valence-corrected chi connectivity index (χ3v) is 1.93. The van der Waals surface area contributed by atoms with Crippen LogP contribution in [0.4, 0.5) is 0 Å². The van der Waals surface area contributed by atoms with Crippen LogP contribution in [0.25, 0.3) is 0 Å². The lowest BCUT2D eigenvalue weighted by molar-refractivity contribution is 0.128. The van der Waals surface area contributed by atoms with E-state index in [1.807, 2.05) is 0 Å². The van der Waals surface area contributed by atoms with Crippen molar-refractivity contribution in [1.29, 1.82) is 0 Å². The molecule has 0 saturated carbocycles. The van der Waals surface area contributed by atoms with E-state index in [0.29, 0.717) is 0 Å². The number of ether oxygens (including phenoxy) is 1. The lowest BCUT2D eigenvalue weighted by atomic mass is 10.2. The van der Waals surface area contributed by atoms with Crippen LogP contribution in [0, 0.1) is 6.92 Å². The second-order valence-corrected chi connectivity index (χ2v) is 3.23. The van der Waals surface area contributed by atoms with E-state index in [-0.39, 0.29) is 0 Å². The van der Waals surface area contributed by atoms with Crippen molar-refractivity contribution in [1.82, 2.24) is 0 Å². The fraction of sp³-hybridized carbons (Fsp3) is 0.909. The molecule has 1 nitrogen and oxygen atoms in total. The van der Waals surface area contributed by atoms with Gasteiger partial charge in [-0.15, -0.1) is 0 Å². The van der Waals surface area contributed by atoms with Gasteiger partial charge in [-0.05, 0) is 12.8 Å². The highest BCUT2D eigenvalue weighted by Crippen LogP contribution is 2.02. The maximum atomic E-state index is 5.41. The van der Waals surface area contributed by atoms with Gasteiger partial charge in [0.05, 0.1) is 0 Å². The van der Waals surface area contributed by atoms with E-state index < -0.39 is 0 Å². The molecule has 0 aromatic heterocycles. The molecule has 73 valence electrons. The van der Waals surface area contributed by atoms with Gasteiger partial charge in [-0.3, -0.25) is 0 Å². The molecule has 0 N–H and O–H groups in total. The second kappa shape index (κ2) is 11.0. The highest BCUT2D eigenvalue weighted by Gasteiger charge is 1.89. The average molecular weight is 171 g/mol. The largest absolute Gasteiger partial charge is 0.381 e. The summed E-state index contributed by atoms with van der Waals surface area (Å²) < 4.78 is 5.41. The Labute approximate surface area is 77.5 Å². The molecule has 0 aromatic carbocycles. The lowest BCUT2D eigenvalue weighted by Gasteiger charge is -2.02. The molecule has 0 atom stereocenters. The quantitative estimate of drug-likeness (QED) is 0.482. The van der Waals surface area contributed by atoms with E-state index in [1.54, 1.807) is 0 Å². The summed E-state index contributed by atoms with van der Waals surface area (Å²) >= 11 is 0. The molecule has 0 aliphatic rings. The summed E-state index contributed by atoms with van der Waals surface area (Å²) in [7, 11) is 0. The third kappa shape index (κ3) is 9.96. The van der Waals surface area contributed by atoms with Crippen molar-refractivity contribution in [2.75, 3.05) is 13.2 Å². The van der Waals surface area contributed by atoms with Crippen molar-refractivity contribution in [3.05, 3.63) is 6.92 Å². The van der Waals surface area contributed by atoms with Gasteiger partial charge < -0.3 is 4.74 Å². The van der Waals surface area contributed by atoms with Crippen molar-refractivity contribution in [2.24, 2.45) is 0 Å². The Bertz CT molecular complexity index is 61.4. The minimum Gasteiger partial charge on any atom is -0.381 e. The summed E-state index contributed by atoms with van der Waals surface area (Å²) in [5.41, 5.74) is 0. The minimum atomic E-state index is 0.900. The Morgan fingerprint density at radius 1 is 0.917 bits per heavy atom. The average Bonchev–Trinajstić information content (AvgIpc) is 2.10. The first-order valence-electron chi connectivity index (χ1n) is 5.28. The zero-order chi connectivity index (χ0) is 9.07. The predicted molar refractivity (Wildman–Crippen MR) is 54.2 cm³/mol. The highest BCUT2D eigenvalue weighted by molar-refractivity contribution is 4.43. The van der Waals surface area contributed by atoms with E-state index in [0.717, 1.165) is 26.1 Å². The van der Waals surface area contributed by atoms with E-state index in [4.69, 9.17) is 4.74 Å². The molecule has 0 saturated heterocycles. The first kappa shape index (κ1) is 12.0. The zero-order valence-corrected chi connectivity index (χ0v) is 8.48. The van der Waals surface area contributed by atoms with Gasteiger partial charge in [-0.1, -0.05) is 46.0 Å². The molecule has 0 fully saturated rings. The van der Waals surface area contributed by atoms with Crippen LogP contribution in [0.3, 0.4) is 0 Å². The number of hydrogen-bond donors (Lipinski definition) is 0. The smallest absolute Gasteiger partial charge is 0.0466 e. The first-order valence-corrected chi connectivity index (χ1v) is 5.28. The van der Waals surface area contributed by atoms with Crippen LogP contribution in [0.15, 0.2) is 0 Å². The monoisotopic (exact) mass is 171 g/mol. The standard InChI is InChI=1S/C11H23O/c1-3-5-7-8-9-11-12-10-6-4-2/h2-11H2,1H3. The molecule has 0 aliphatic carbocycles. The number of rotatable bonds is 9. The van der Waals surface area contributed by atoms with Crippen molar-refractivity contribution in [2.45, 2.75) is 51.9 Å². The van der Waals surface area contributed by atoms with Crippen LogP contribution >= 0.6 is 0 Å². The Balaban J connectivity index is 2.73. The van der Waals surface area contributed by atoms with Gasteiger partial charge in [0.25, 0.3) is 0 Å². The van der Waals surface area contributed by atoms with Gasteiger partial charge in [0, 0.05) is 13.2 Å². The van der Waals surface area contributed by atoms with Crippen LogP contribution in [0.2, 0.25) is 0 Å². The fourth-order valence-corrected chi connectivity index (χ4v) is 1.11. The molecule has 0 aliphatic heterocycles. The van der Waals surface area contributed by atoms with Crippen LogP contribution < -0.4 is 0 Å². The Morgan fingerprint density at radius 2 is 1.58 bits per heavy atom. The van der Waals surface area contributed by atoms with Crippen molar-refractivity contribution < 1.29 is 4.74 Å². The summed E-state index contributed by atoms with van der Waals surface area (Å²) in [6.07, 6.45) is 8.73. The lowest BCUT2D eigenvalue weighted by Crippen LogP contribution is -1.96. The van der Waals surface area contributed by atoms with E-state index in [2.05, 4.69) is 13.8 Å². The third-order valence-electron chi connectivity index (χ3n) is 1.93.